The second kappa shape index (κ2) is 10.5. The number of carbonyl (C=O) groups is 2. The number of likely N-dealkylation sites (N-methyl/N-ethyl adjacent to an activating group) is 1. The third kappa shape index (κ3) is 5.11. The van der Waals surface area contributed by atoms with E-state index in [1.807, 2.05) is 24.3 Å². The van der Waals surface area contributed by atoms with Crippen molar-refractivity contribution < 1.29 is 23.5 Å². The van der Waals surface area contributed by atoms with Gasteiger partial charge in [0.2, 0.25) is 0 Å². The Morgan fingerprint density at radius 1 is 0.800 bits per heavy atom. The normalized spacial score (nSPS) is 19.7. The van der Waals surface area contributed by atoms with Gasteiger partial charge in [0.15, 0.2) is 11.6 Å². The molecule has 2 aliphatic heterocycles. The summed E-state index contributed by atoms with van der Waals surface area (Å²) in [4.78, 5) is 29.6. The average molecular weight is 480 g/mol. The van der Waals surface area contributed by atoms with Gasteiger partial charge in [0.25, 0.3) is 0 Å². The second-order valence-corrected chi connectivity index (χ2v) is 9.82. The summed E-state index contributed by atoms with van der Waals surface area (Å²) in [7, 11) is 2.24. The van der Waals surface area contributed by atoms with E-state index in [2.05, 4.69) is 22.6 Å². The quantitative estimate of drug-likeness (QED) is 0.479. The minimum absolute atomic E-state index is 0.0960. The van der Waals surface area contributed by atoms with E-state index in [1.165, 1.54) is 0 Å². The molecule has 3 aliphatic rings. The fraction of sp³-hybridized carbons (Fsp3) is 0.481. The van der Waals surface area contributed by atoms with Crippen molar-refractivity contribution in [1.29, 1.82) is 0 Å². The molecule has 2 fully saturated rings. The van der Waals surface area contributed by atoms with Gasteiger partial charge in [-0.1, -0.05) is 24.3 Å². The largest absolute Gasteiger partial charge is 0.383 e. The maximum Gasteiger partial charge on any atom is 0.196 e. The summed E-state index contributed by atoms with van der Waals surface area (Å²) in [6, 6.07) is 11.0. The molecular formula is C27H35N4O4+. The molecule has 0 radical (unpaired) electrons. The van der Waals surface area contributed by atoms with Crippen molar-refractivity contribution in [2.24, 2.45) is 0 Å². The lowest BCUT2D eigenvalue weighted by atomic mass is 9.82. The van der Waals surface area contributed by atoms with E-state index in [-0.39, 0.29) is 11.6 Å². The molecule has 0 unspecified atom stereocenters. The zero-order chi connectivity index (χ0) is 24.3. The van der Waals surface area contributed by atoms with E-state index in [0.717, 1.165) is 88.1 Å². The van der Waals surface area contributed by atoms with Crippen LogP contribution in [0.2, 0.25) is 0 Å². The second-order valence-electron chi connectivity index (χ2n) is 9.82. The summed E-state index contributed by atoms with van der Waals surface area (Å²) in [5, 5.41) is 6.93. The molecule has 186 valence electrons. The van der Waals surface area contributed by atoms with Crippen molar-refractivity contribution in [1.82, 2.24) is 4.90 Å². The van der Waals surface area contributed by atoms with Crippen LogP contribution in [0.15, 0.2) is 36.4 Å². The average Bonchev–Trinajstić information content (AvgIpc) is 2.88. The number of anilines is 2. The predicted molar refractivity (Wildman–Crippen MR) is 136 cm³/mol. The summed E-state index contributed by atoms with van der Waals surface area (Å²) in [6.07, 6.45) is 0. The molecule has 0 bridgehead atoms. The molecule has 8 heteroatoms. The minimum atomic E-state index is -0.0973. The third-order valence-corrected chi connectivity index (χ3v) is 7.44. The predicted octanol–water partition coefficient (Wildman–Crippen LogP) is 2.09. The summed E-state index contributed by atoms with van der Waals surface area (Å²) >= 11 is 0. The van der Waals surface area contributed by atoms with Crippen LogP contribution >= 0.6 is 0 Å². The van der Waals surface area contributed by atoms with E-state index < -0.39 is 0 Å². The lowest BCUT2D eigenvalue weighted by Gasteiger charge is -2.37. The number of morpholine rings is 2. The van der Waals surface area contributed by atoms with Crippen LogP contribution in [-0.4, -0.2) is 107 Å². The zero-order valence-corrected chi connectivity index (χ0v) is 20.5. The van der Waals surface area contributed by atoms with Gasteiger partial charge in [-0.3, -0.25) is 14.5 Å². The summed E-state index contributed by atoms with van der Waals surface area (Å²) in [5.41, 5.74) is 3.36. The van der Waals surface area contributed by atoms with Crippen LogP contribution in [0.5, 0.6) is 0 Å². The first kappa shape index (κ1) is 23.9. The zero-order valence-electron chi connectivity index (χ0n) is 20.5. The Balaban J connectivity index is 1.38. The van der Waals surface area contributed by atoms with E-state index in [0.29, 0.717) is 28.8 Å². The van der Waals surface area contributed by atoms with Gasteiger partial charge in [-0.15, -0.1) is 0 Å². The molecule has 5 rings (SSSR count). The molecule has 0 saturated carbocycles. The van der Waals surface area contributed by atoms with Crippen molar-refractivity contribution >= 4 is 22.9 Å². The highest BCUT2D eigenvalue weighted by atomic mass is 16.5. The van der Waals surface area contributed by atoms with E-state index >= 15 is 0 Å². The first-order valence-corrected chi connectivity index (χ1v) is 12.6. The van der Waals surface area contributed by atoms with Crippen molar-refractivity contribution in [3.63, 3.8) is 0 Å². The van der Waals surface area contributed by atoms with Crippen LogP contribution in [0.1, 0.15) is 31.8 Å². The summed E-state index contributed by atoms with van der Waals surface area (Å²) < 4.78 is 11.9. The maximum atomic E-state index is 13.6. The fourth-order valence-corrected chi connectivity index (χ4v) is 5.16. The van der Waals surface area contributed by atoms with Crippen LogP contribution in [0, 0.1) is 0 Å². The first-order valence-electron chi connectivity index (χ1n) is 12.6. The highest BCUT2D eigenvalue weighted by molar-refractivity contribution is 6.31. The number of quaternary nitrogens is 1. The maximum absolute atomic E-state index is 13.6. The van der Waals surface area contributed by atoms with Crippen molar-refractivity contribution in [2.45, 2.75) is 0 Å². The van der Waals surface area contributed by atoms with E-state index in [9.17, 15) is 9.59 Å². The molecule has 0 aromatic heterocycles. The Morgan fingerprint density at radius 2 is 1.34 bits per heavy atom. The molecule has 2 aromatic rings. The van der Waals surface area contributed by atoms with E-state index in [4.69, 9.17) is 9.47 Å². The number of benzene rings is 2. The molecule has 0 atom stereocenters. The van der Waals surface area contributed by atoms with Crippen molar-refractivity contribution in [3.05, 3.63) is 58.7 Å². The van der Waals surface area contributed by atoms with Crippen LogP contribution in [-0.2, 0) is 9.47 Å². The molecule has 35 heavy (non-hydrogen) atoms. The lowest BCUT2D eigenvalue weighted by molar-refractivity contribution is -0.915. The number of hydrogen-bond donors (Lipinski definition) is 2. The van der Waals surface area contributed by atoms with Crippen molar-refractivity contribution in [3.8, 4) is 0 Å². The molecule has 2 heterocycles. The number of nitrogens with one attached hydrogen (secondary N) is 2. The summed E-state index contributed by atoms with van der Waals surface area (Å²) in [6.45, 7) is 10.1. The number of ketones is 2. The summed E-state index contributed by atoms with van der Waals surface area (Å²) in [5.74, 6) is -0.193. The number of hydrogen-bond acceptors (Lipinski definition) is 7. The minimum Gasteiger partial charge on any atom is -0.383 e. The Hall–Kier alpha value is -2.78. The van der Waals surface area contributed by atoms with Gasteiger partial charge >= 0.3 is 0 Å². The molecule has 0 amide bonds. The number of carbonyl (C=O) groups excluding carboxylic acids is 2. The molecule has 2 aromatic carbocycles. The van der Waals surface area contributed by atoms with Gasteiger partial charge in [0.1, 0.15) is 13.1 Å². The molecule has 0 spiro atoms. The van der Waals surface area contributed by atoms with E-state index in [1.54, 1.807) is 12.1 Å². The molecule has 2 saturated heterocycles. The van der Waals surface area contributed by atoms with Crippen LogP contribution in [0.25, 0.3) is 0 Å². The standard InChI is InChI=1S/C27H34N4O4/c1-31(14-18-35-19-15-31)13-9-29-23-7-6-22(28-8-10-30-11-16-34-17-12-30)24-25(23)27(33)21-5-3-2-4-20(21)26(24)32/h2-7H,8-19H2,1H3,(H-,28,29,32,33)/p+1. The Morgan fingerprint density at radius 3 is 1.94 bits per heavy atom. The van der Waals surface area contributed by atoms with Crippen molar-refractivity contribution in [2.75, 3.05) is 96.5 Å². The molecular weight excluding hydrogens is 444 g/mol. The number of nitrogens with zero attached hydrogens (tertiary/aromatic N) is 2. The third-order valence-electron chi connectivity index (χ3n) is 7.44. The van der Waals surface area contributed by atoms with Crippen LogP contribution < -0.4 is 10.6 Å². The molecule has 2 N–H and O–H groups in total. The topological polar surface area (TPSA) is 79.9 Å². The Labute approximate surface area is 206 Å². The smallest absolute Gasteiger partial charge is 0.196 e. The molecule has 8 nitrogen and oxygen atoms in total. The SMILES string of the molecule is C[N+]1(CCNc2ccc(NCCN3CCOCC3)c3c2C(=O)c2ccccc2C3=O)CCOCC1. The van der Waals surface area contributed by atoms with Gasteiger partial charge in [-0.25, -0.2) is 0 Å². The van der Waals surface area contributed by atoms with Gasteiger partial charge in [0, 0.05) is 48.7 Å². The lowest BCUT2D eigenvalue weighted by Crippen LogP contribution is -2.53. The number of ether oxygens (including phenoxy) is 2. The Kier molecular flexibility index (Phi) is 7.15. The number of fused-ring (bicyclic) bond motifs is 2. The first-order chi connectivity index (χ1) is 17.1. The highest BCUT2D eigenvalue weighted by Gasteiger charge is 2.34. The van der Waals surface area contributed by atoms with Crippen LogP contribution in [0.3, 0.4) is 0 Å². The Bertz CT molecular complexity index is 1090. The highest BCUT2D eigenvalue weighted by Crippen LogP contribution is 2.36. The van der Waals surface area contributed by atoms with Gasteiger partial charge in [0.05, 0.1) is 57.7 Å². The molecule has 1 aliphatic carbocycles. The number of rotatable bonds is 8. The fourth-order valence-electron chi connectivity index (χ4n) is 5.16. The van der Waals surface area contributed by atoms with Crippen LogP contribution in [0.4, 0.5) is 11.4 Å². The monoisotopic (exact) mass is 479 g/mol. The van der Waals surface area contributed by atoms with Gasteiger partial charge < -0.3 is 24.6 Å². The van der Waals surface area contributed by atoms with Gasteiger partial charge in [-0.2, -0.15) is 0 Å². The van der Waals surface area contributed by atoms with Gasteiger partial charge in [-0.05, 0) is 12.1 Å².